The Kier molecular flexibility index (Phi) is 5.70. The number of hydrogen-bond acceptors (Lipinski definition) is 5. The predicted molar refractivity (Wildman–Crippen MR) is 110 cm³/mol. The highest BCUT2D eigenvalue weighted by atomic mass is 32.1. The third-order valence-electron chi connectivity index (χ3n) is 5.10. The predicted octanol–water partition coefficient (Wildman–Crippen LogP) is 5.19. The summed E-state index contributed by atoms with van der Waals surface area (Å²) in [7, 11) is 0. The number of halogens is 3. The van der Waals surface area contributed by atoms with Gasteiger partial charge < -0.3 is 9.30 Å². The fraction of sp³-hybridized carbons (Fsp3) is 0.318. The quantitative estimate of drug-likeness (QED) is 0.521. The Morgan fingerprint density at radius 1 is 1.26 bits per heavy atom. The van der Waals surface area contributed by atoms with Crippen LogP contribution in [0.2, 0.25) is 0 Å². The fourth-order valence-corrected chi connectivity index (χ4v) is 4.76. The molecular weight excluding hydrogens is 429 g/mol. The van der Waals surface area contributed by atoms with E-state index < -0.39 is 12.8 Å². The average molecular weight is 448 g/mol. The van der Waals surface area contributed by atoms with Crippen molar-refractivity contribution in [3.63, 3.8) is 0 Å². The van der Waals surface area contributed by atoms with Crippen LogP contribution in [0.15, 0.2) is 42.6 Å². The highest BCUT2D eigenvalue weighted by Gasteiger charge is 2.30. The zero-order valence-corrected chi connectivity index (χ0v) is 17.4. The summed E-state index contributed by atoms with van der Waals surface area (Å²) in [5.74, 6) is 0.179. The number of carbonyl (C=O) groups is 2. The molecule has 4 rings (SSSR count). The van der Waals surface area contributed by atoms with Gasteiger partial charge in [-0.15, -0.1) is 11.3 Å². The molecule has 5 nitrogen and oxygen atoms in total. The van der Waals surface area contributed by atoms with Crippen molar-refractivity contribution in [3.05, 3.63) is 59.0 Å². The molecule has 2 aromatic heterocycles. The molecule has 0 saturated heterocycles. The fourth-order valence-electron chi connectivity index (χ4n) is 3.68. The van der Waals surface area contributed by atoms with Crippen molar-refractivity contribution in [2.75, 3.05) is 6.61 Å². The second kappa shape index (κ2) is 8.30. The Labute approximate surface area is 180 Å². The summed E-state index contributed by atoms with van der Waals surface area (Å²) < 4.78 is 43.3. The van der Waals surface area contributed by atoms with Crippen molar-refractivity contribution >= 4 is 22.9 Å². The van der Waals surface area contributed by atoms with Crippen molar-refractivity contribution < 1.29 is 27.5 Å². The number of aromatic nitrogens is 2. The Morgan fingerprint density at radius 3 is 2.71 bits per heavy atom. The highest BCUT2D eigenvalue weighted by Crippen LogP contribution is 2.33. The second-order valence-electron chi connectivity index (χ2n) is 7.37. The van der Waals surface area contributed by atoms with Gasteiger partial charge in [0.2, 0.25) is 0 Å². The Bertz CT molecular complexity index is 1120. The first-order valence-electron chi connectivity index (χ1n) is 9.70. The van der Waals surface area contributed by atoms with E-state index in [4.69, 9.17) is 4.74 Å². The number of benzene rings is 1. The smallest absolute Gasteiger partial charge is 0.422 e. The number of alkyl halides is 3. The first-order chi connectivity index (χ1) is 14.7. The Morgan fingerprint density at radius 2 is 2.00 bits per heavy atom. The van der Waals surface area contributed by atoms with Gasteiger partial charge >= 0.3 is 6.18 Å². The summed E-state index contributed by atoms with van der Waals surface area (Å²) in [5.41, 5.74) is 2.11. The first-order valence-corrected chi connectivity index (χ1v) is 10.5. The van der Waals surface area contributed by atoms with Crippen LogP contribution < -0.4 is 4.74 Å². The lowest BCUT2D eigenvalue weighted by atomic mass is 9.97. The van der Waals surface area contributed by atoms with Gasteiger partial charge in [0.05, 0.1) is 28.7 Å². The number of hydrogen-bond donors (Lipinski definition) is 0. The minimum Gasteiger partial charge on any atom is -0.484 e. The standard InChI is InChI=1S/C22H19F3N2O3S/c1-13-21(14-4-6-15(7-5-14)30-12-22(23,24)25)31-20(26-13)11-19(29)17-8-9-18(28)16-3-2-10-27(16)17/h2-7,10,17H,8-9,11-12H2,1H3. The number of Topliss-reactive ketones (excluding diaryl/α,β-unsaturated/α-hetero) is 2. The zero-order valence-electron chi connectivity index (χ0n) is 16.6. The minimum atomic E-state index is -4.39. The van der Waals surface area contributed by atoms with E-state index in [1.807, 2.05) is 6.92 Å². The van der Waals surface area contributed by atoms with Crippen LogP contribution >= 0.6 is 11.3 Å². The van der Waals surface area contributed by atoms with Crippen molar-refractivity contribution in [1.29, 1.82) is 0 Å². The zero-order chi connectivity index (χ0) is 22.2. The van der Waals surface area contributed by atoms with Crippen LogP contribution in [0, 0.1) is 6.92 Å². The molecule has 9 heteroatoms. The number of fused-ring (bicyclic) bond motifs is 1. The molecule has 0 N–H and O–H groups in total. The van der Waals surface area contributed by atoms with Gasteiger partial charge in [-0.2, -0.15) is 13.2 Å². The van der Waals surface area contributed by atoms with Crippen molar-refractivity contribution in [1.82, 2.24) is 9.55 Å². The monoisotopic (exact) mass is 448 g/mol. The maximum absolute atomic E-state index is 12.9. The third kappa shape index (κ3) is 4.71. The van der Waals surface area contributed by atoms with Gasteiger partial charge in [0.15, 0.2) is 18.2 Å². The minimum absolute atomic E-state index is 0.00106. The van der Waals surface area contributed by atoms with E-state index >= 15 is 0 Å². The van der Waals surface area contributed by atoms with E-state index in [9.17, 15) is 22.8 Å². The largest absolute Gasteiger partial charge is 0.484 e. The van der Waals surface area contributed by atoms with E-state index in [1.165, 1.54) is 23.5 Å². The number of ether oxygens (including phenoxy) is 1. The molecule has 1 aliphatic heterocycles. The van der Waals surface area contributed by atoms with Crippen LogP contribution in [0.3, 0.4) is 0 Å². The van der Waals surface area contributed by atoms with E-state index in [2.05, 4.69) is 4.98 Å². The Hall–Kier alpha value is -2.94. The summed E-state index contributed by atoms with van der Waals surface area (Å²) in [6.45, 7) is 0.491. The molecule has 31 heavy (non-hydrogen) atoms. The Balaban J connectivity index is 1.47. The van der Waals surface area contributed by atoms with E-state index in [1.54, 1.807) is 35.0 Å². The summed E-state index contributed by atoms with van der Waals surface area (Å²) in [6.07, 6.45) is -1.63. The number of thiazole rings is 1. The van der Waals surface area contributed by atoms with Gasteiger partial charge in [0, 0.05) is 12.6 Å². The van der Waals surface area contributed by atoms with Crippen molar-refractivity contribution in [3.8, 4) is 16.2 Å². The highest BCUT2D eigenvalue weighted by molar-refractivity contribution is 7.15. The second-order valence-corrected chi connectivity index (χ2v) is 8.46. The summed E-state index contributed by atoms with van der Waals surface area (Å²) in [6, 6.07) is 9.45. The van der Waals surface area contributed by atoms with Crippen LogP contribution in [0.1, 0.15) is 40.1 Å². The van der Waals surface area contributed by atoms with Gasteiger partial charge in [-0.05, 0) is 55.3 Å². The summed E-state index contributed by atoms with van der Waals surface area (Å²) in [5, 5.41) is 0.667. The molecule has 0 spiro atoms. The SMILES string of the molecule is Cc1nc(CC(=O)C2CCC(=O)c3cccn32)sc1-c1ccc(OCC(F)(F)F)cc1. The van der Waals surface area contributed by atoms with Crippen LogP contribution in [-0.2, 0) is 11.2 Å². The maximum Gasteiger partial charge on any atom is 0.422 e. The molecule has 3 heterocycles. The molecular formula is C22H19F3N2O3S. The lowest BCUT2D eigenvalue weighted by Crippen LogP contribution is -2.28. The molecule has 0 radical (unpaired) electrons. The lowest BCUT2D eigenvalue weighted by Gasteiger charge is -2.24. The van der Waals surface area contributed by atoms with Crippen LogP contribution in [0.5, 0.6) is 5.75 Å². The first kappa shape index (κ1) is 21.3. The molecule has 0 aliphatic carbocycles. The van der Waals surface area contributed by atoms with Gasteiger partial charge in [0.25, 0.3) is 0 Å². The molecule has 0 saturated carbocycles. The average Bonchev–Trinajstić information content (AvgIpc) is 3.34. The van der Waals surface area contributed by atoms with Crippen molar-refractivity contribution in [2.24, 2.45) is 0 Å². The molecule has 162 valence electrons. The lowest BCUT2D eigenvalue weighted by molar-refractivity contribution is -0.153. The van der Waals surface area contributed by atoms with Gasteiger partial charge in [0.1, 0.15) is 10.8 Å². The van der Waals surface area contributed by atoms with Gasteiger partial charge in [-0.1, -0.05) is 0 Å². The topological polar surface area (TPSA) is 61.2 Å². The van der Waals surface area contributed by atoms with Gasteiger partial charge in [-0.3, -0.25) is 9.59 Å². The molecule has 0 amide bonds. The number of nitrogens with zero attached hydrogens (tertiary/aromatic N) is 2. The van der Waals surface area contributed by atoms with Crippen LogP contribution in [-0.4, -0.2) is 33.9 Å². The van der Waals surface area contributed by atoms with Crippen molar-refractivity contribution in [2.45, 2.75) is 38.4 Å². The van der Waals surface area contributed by atoms with Gasteiger partial charge in [-0.25, -0.2) is 4.98 Å². The summed E-state index contributed by atoms with van der Waals surface area (Å²) in [4.78, 5) is 30.3. The number of rotatable bonds is 6. The van der Waals surface area contributed by atoms with Crippen LogP contribution in [0.4, 0.5) is 13.2 Å². The molecule has 1 unspecified atom stereocenters. The molecule has 3 aromatic rings. The number of ketones is 2. The van der Waals surface area contributed by atoms with E-state index in [-0.39, 0.29) is 29.8 Å². The molecule has 0 fully saturated rings. The van der Waals surface area contributed by atoms with E-state index in [0.717, 1.165) is 16.1 Å². The van der Waals surface area contributed by atoms with E-state index in [0.29, 0.717) is 23.5 Å². The summed E-state index contributed by atoms with van der Waals surface area (Å²) >= 11 is 1.38. The number of aryl methyl sites for hydroxylation is 1. The van der Waals surface area contributed by atoms with Crippen LogP contribution in [0.25, 0.3) is 10.4 Å². The molecule has 1 aromatic carbocycles. The third-order valence-corrected chi connectivity index (χ3v) is 6.31. The maximum atomic E-state index is 12.9. The molecule has 1 atom stereocenters. The number of carbonyl (C=O) groups excluding carboxylic acids is 2. The normalized spacial score (nSPS) is 16.3. The molecule has 0 bridgehead atoms. The molecule has 1 aliphatic rings.